The van der Waals surface area contributed by atoms with E-state index >= 15 is 0 Å². The van der Waals surface area contributed by atoms with Crippen LogP contribution in [0.2, 0.25) is 0 Å². The molecule has 0 radical (unpaired) electrons. The van der Waals surface area contributed by atoms with Gasteiger partial charge in [-0.05, 0) is 20.0 Å². The van der Waals surface area contributed by atoms with Gasteiger partial charge < -0.3 is 14.6 Å². The molecule has 2 atom stereocenters. The molecule has 0 saturated carbocycles. The summed E-state index contributed by atoms with van der Waals surface area (Å²) in [5.74, 6) is 1.36. The highest BCUT2D eigenvalue weighted by Crippen LogP contribution is 2.19. The molecule has 1 saturated heterocycles. The Morgan fingerprint density at radius 3 is 3.05 bits per heavy atom. The van der Waals surface area contributed by atoms with E-state index in [0.29, 0.717) is 17.8 Å². The maximum Gasteiger partial charge on any atom is 0.228 e. The Balaban J connectivity index is 1.92. The average molecular weight is 268 g/mol. The maximum absolute atomic E-state index is 5.72. The van der Waals surface area contributed by atoms with Crippen LogP contribution in [0.25, 0.3) is 0 Å². The van der Waals surface area contributed by atoms with Gasteiger partial charge in [0.1, 0.15) is 6.10 Å². The Kier molecular flexibility index (Phi) is 5.30. The van der Waals surface area contributed by atoms with Crippen molar-refractivity contribution in [2.24, 2.45) is 0 Å². The van der Waals surface area contributed by atoms with Crippen molar-refractivity contribution in [1.82, 2.24) is 20.4 Å². The quantitative estimate of drug-likeness (QED) is 0.830. The lowest BCUT2D eigenvalue weighted by atomic mass is 10.2. The van der Waals surface area contributed by atoms with Crippen molar-refractivity contribution in [2.75, 3.05) is 32.8 Å². The van der Waals surface area contributed by atoms with Crippen molar-refractivity contribution in [3.8, 4) is 0 Å². The van der Waals surface area contributed by atoms with Crippen LogP contribution < -0.4 is 5.32 Å². The fraction of sp³-hybridized carbons (Fsp3) is 0.846. The second-order valence-electron chi connectivity index (χ2n) is 4.96. The molecule has 6 nitrogen and oxygen atoms in total. The molecule has 1 aliphatic heterocycles. The van der Waals surface area contributed by atoms with Crippen molar-refractivity contribution < 1.29 is 9.26 Å². The van der Waals surface area contributed by atoms with E-state index in [2.05, 4.69) is 41.1 Å². The Labute approximate surface area is 114 Å². The summed E-state index contributed by atoms with van der Waals surface area (Å²) in [4.78, 5) is 6.79. The first-order valence-electron chi connectivity index (χ1n) is 7.12. The first-order chi connectivity index (χ1) is 9.22. The number of ether oxygens (including phenoxy) is 1. The number of rotatable bonds is 6. The number of nitrogens with zero attached hydrogens (tertiary/aromatic N) is 3. The van der Waals surface area contributed by atoms with Crippen LogP contribution in [-0.4, -0.2) is 53.9 Å². The van der Waals surface area contributed by atoms with Gasteiger partial charge in [0.25, 0.3) is 0 Å². The summed E-state index contributed by atoms with van der Waals surface area (Å²) < 4.78 is 11.0. The fourth-order valence-corrected chi connectivity index (χ4v) is 2.31. The van der Waals surface area contributed by atoms with Crippen LogP contribution in [0.1, 0.15) is 38.6 Å². The van der Waals surface area contributed by atoms with E-state index in [9.17, 15) is 0 Å². The molecule has 6 heteroatoms. The van der Waals surface area contributed by atoms with Crippen LogP contribution in [0.3, 0.4) is 0 Å². The molecule has 0 bridgehead atoms. The SMILES string of the molecule is CCNC(C)Cc1nc(C2CN(CC)CCO2)no1. The summed E-state index contributed by atoms with van der Waals surface area (Å²) in [7, 11) is 0. The lowest BCUT2D eigenvalue weighted by Gasteiger charge is -2.30. The molecule has 19 heavy (non-hydrogen) atoms. The van der Waals surface area contributed by atoms with E-state index < -0.39 is 0 Å². The fourth-order valence-electron chi connectivity index (χ4n) is 2.31. The summed E-state index contributed by atoms with van der Waals surface area (Å²) in [6, 6.07) is 0.345. The molecule has 1 aromatic rings. The average Bonchev–Trinajstić information content (AvgIpc) is 2.87. The van der Waals surface area contributed by atoms with E-state index in [-0.39, 0.29) is 6.10 Å². The van der Waals surface area contributed by atoms with Crippen LogP contribution in [0, 0.1) is 0 Å². The molecule has 0 amide bonds. The number of likely N-dealkylation sites (N-methyl/N-ethyl adjacent to an activating group) is 2. The number of hydrogen-bond donors (Lipinski definition) is 1. The smallest absolute Gasteiger partial charge is 0.228 e. The Bertz CT molecular complexity index is 382. The van der Waals surface area contributed by atoms with Gasteiger partial charge in [-0.15, -0.1) is 0 Å². The zero-order chi connectivity index (χ0) is 13.7. The molecule has 0 aliphatic carbocycles. The summed E-state index contributed by atoms with van der Waals surface area (Å²) in [5, 5.41) is 7.39. The molecular formula is C13H24N4O2. The molecule has 2 unspecified atom stereocenters. The standard InChI is InChI=1S/C13H24N4O2/c1-4-14-10(3)8-12-15-13(16-19-12)11-9-17(5-2)6-7-18-11/h10-11,14H,4-9H2,1-3H3. The van der Waals surface area contributed by atoms with E-state index in [4.69, 9.17) is 9.26 Å². The maximum atomic E-state index is 5.72. The minimum absolute atomic E-state index is 0.0550. The minimum atomic E-state index is -0.0550. The molecule has 1 fully saturated rings. The molecule has 108 valence electrons. The number of nitrogens with one attached hydrogen (secondary N) is 1. The first kappa shape index (κ1) is 14.4. The summed E-state index contributed by atoms with van der Waals surface area (Å²) in [5.41, 5.74) is 0. The zero-order valence-corrected chi connectivity index (χ0v) is 12.1. The monoisotopic (exact) mass is 268 g/mol. The molecule has 2 heterocycles. The zero-order valence-electron chi connectivity index (χ0n) is 12.1. The van der Waals surface area contributed by atoms with Gasteiger partial charge in [0.2, 0.25) is 11.7 Å². The third kappa shape index (κ3) is 3.99. The molecule has 0 aromatic carbocycles. The van der Waals surface area contributed by atoms with E-state index in [1.807, 2.05) is 0 Å². The second kappa shape index (κ2) is 6.98. The molecule has 2 rings (SSSR count). The third-order valence-electron chi connectivity index (χ3n) is 3.40. The lowest BCUT2D eigenvalue weighted by Crippen LogP contribution is -2.38. The van der Waals surface area contributed by atoms with E-state index in [1.165, 1.54) is 0 Å². The Morgan fingerprint density at radius 1 is 1.47 bits per heavy atom. The predicted octanol–water partition coefficient (Wildman–Crippen LogP) is 1.00. The minimum Gasteiger partial charge on any atom is -0.367 e. The van der Waals surface area contributed by atoms with Gasteiger partial charge in [-0.3, -0.25) is 4.90 Å². The second-order valence-corrected chi connectivity index (χ2v) is 4.96. The molecule has 1 aromatic heterocycles. The van der Waals surface area contributed by atoms with Gasteiger partial charge >= 0.3 is 0 Å². The van der Waals surface area contributed by atoms with Gasteiger partial charge in [0, 0.05) is 25.6 Å². The predicted molar refractivity (Wildman–Crippen MR) is 71.9 cm³/mol. The molecule has 1 N–H and O–H groups in total. The lowest BCUT2D eigenvalue weighted by molar-refractivity contribution is -0.0334. The van der Waals surface area contributed by atoms with Crippen LogP contribution >= 0.6 is 0 Å². The summed E-state index contributed by atoms with van der Waals surface area (Å²) in [6.07, 6.45) is 0.700. The molecule has 0 spiro atoms. The molecule has 1 aliphatic rings. The van der Waals surface area contributed by atoms with Gasteiger partial charge in [0.05, 0.1) is 6.61 Å². The van der Waals surface area contributed by atoms with Crippen LogP contribution in [0.15, 0.2) is 4.52 Å². The highest BCUT2D eigenvalue weighted by molar-refractivity contribution is 4.95. The largest absolute Gasteiger partial charge is 0.367 e. The number of aromatic nitrogens is 2. The van der Waals surface area contributed by atoms with Gasteiger partial charge in [-0.1, -0.05) is 19.0 Å². The van der Waals surface area contributed by atoms with Crippen molar-refractivity contribution in [3.63, 3.8) is 0 Å². The topological polar surface area (TPSA) is 63.4 Å². The van der Waals surface area contributed by atoms with Gasteiger partial charge in [-0.2, -0.15) is 4.98 Å². The van der Waals surface area contributed by atoms with Crippen LogP contribution in [0.4, 0.5) is 0 Å². The number of hydrogen-bond acceptors (Lipinski definition) is 6. The van der Waals surface area contributed by atoms with E-state index in [1.54, 1.807) is 0 Å². The number of morpholine rings is 1. The van der Waals surface area contributed by atoms with Crippen molar-refractivity contribution in [1.29, 1.82) is 0 Å². The Morgan fingerprint density at radius 2 is 2.32 bits per heavy atom. The van der Waals surface area contributed by atoms with Gasteiger partial charge in [-0.25, -0.2) is 0 Å². The highest BCUT2D eigenvalue weighted by Gasteiger charge is 2.25. The third-order valence-corrected chi connectivity index (χ3v) is 3.40. The van der Waals surface area contributed by atoms with Crippen molar-refractivity contribution in [2.45, 2.75) is 39.3 Å². The first-order valence-corrected chi connectivity index (χ1v) is 7.12. The van der Waals surface area contributed by atoms with Crippen molar-refractivity contribution in [3.05, 3.63) is 11.7 Å². The normalized spacial score (nSPS) is 22.6. The summed E-state index contributed by atoms with van der Waals surface area (Å²) >= 11 is 0. The highest BCUT2D eigenvalue weighted by atomic mass is 16.5. The Hall–Kier alpha value is -0.980. The van der Waals surface area contributed by atoms with Crippen LogP contribution in [-0.2, 0) is 11.2 Å². The summed E-state index contributed by atoms with van der Waals surface area (Å²) in [6.45, 7) is 10.9. The van der Waals surface area contributed by atoms with Gasteiger partial charge in [0.15, 0.2) is 0 Å². The van der Waals surface area contributed by atoms with E-state index in [0.717, 1.165) is 39.2 Å². The van der Waals surface area contributed by atoms with Crippen molar-refractivity contribution >= 4 is 0 Å². The molecular weight excluding hydrogens is 244 g/mol. The van der Waals surface area contributed by atoms with Crippen LogP contribution in [0.5, 0.6) is 0 Å².